The van der Waals surface area contributed by atoms with Gasteiger partial charge in [-0.05, 0) is 53.0 Å². The summed E-state index contributed by atoms with van der Waals surface area (Å²) in [6.07, 6.45) is -0.500. The van der Waals surface area contributed by atoms with Crippen LogP contribution in [0.5, 0.6) is 0 Å². The lowest BCUT2D eigenvalue weighted by Crippen LogP contribution is -2.53. The van der Waals surface area contributed by atoms with Gasteiger partial charge < -0.3 is 29.4 Å². The number of carbonyl (C=O) groups is 2. The molecule has 0 saturated heterocycles. The third-order valence-electron chi connectivity index (χ3n) is 4.84. The number of carbonyl (C=O) groups excluding carboxylic acids is 2. The zero-order valence-electron chi connectivity index (χ0n) is 22.3. The summed E-state index contributed by atoms with van der Waals surface area (Å²) in [5.41, 5.74) is 0.116. The third-order valence-corrected chi connectivity index (χ3v) is 7.89. The van der Waals surface area contributed by atoms with E-state index in [1.165, 1.54) is 0 Å². The highest BCUT2D eigenvalue weighted by Gasteiger charge is 2.46. The molecule has 0 heterocycles. The minimum absolute atomic E-state index is 0.149. The Balaban J connectivity index is 3.28. The molecule has 0 aliphatic carbocycles. The molecule has 1 unspecified atom stereocenters. The Morgan fingerprint density at radius 1 is 0.943 bits per heavy atom. The summed E-state index contributed by atoms with van der Waals surface area (Å²) < 4.78 is 36.5. The maximum absolute atomic E-state index is 14.2. The van der Waals surface area contributed by atoms with Crippen LogP contribution in [-0.2, 0) is 34.5 Å². The van der Waals surface area contributed by atoms with E-state index in [0.717, 1.165) is 5.56 Å². The number of alkyl carbamates (subject to hydrolysis) is 1. The first kappa shape index (κ1) is 31.1. The number of nitrogens with one attached hydrogen (secondary N) is 2. The fraction of sp³-hybridized carbons (Fsp3) is 0.680. The van der Waals surface area contributed by atoms with Crippen molar-refractivity contribution in [1.29, 1.82) is 0 Å². The molecule has 0 aliphatic rings. The molecule has 1 rings (SSSR count). The quantitative estimate of drug-likeness (QED) is 0.268. The molecule has 2 amide bonds. The van der Waals surface area contributed by atoms with Crippen molar-refractivity contribution in [2.24, 2.45) is 5.92 Å². The number of hydrogen-bond donors (Lipinski definition) is 2. The maximum atomic E-state index is 14.2. The van der Waals surface area contributed by atoms with E-state index in [9.17, 15) is 14.2 Å². The lowest BCUT2D eigenvalue weighted by atomic mass is 10.1. The van der Waals surface area contributed by atoms with Gasteiger partial charge in [-0.1, -0.05) is 44.2 Å². The van der Waals surface area contributed by atoms with Crippen LogP contribution in [0.15, 0.2) is 30.3 Å². The van der Waals surface area contributed by atoms with E-state index in [4.69, 9.17) is 18.7 Å². The molecule has 9 nitrogen and oxygen atoms in total. The Morgan fingerprint density at radius 2 is 1.51 bits per heavy atom. The van der Waals surface area contributed by atoms with Crippen molar-refractivity contribution in [2.45, 2.75) is 85.3 Å². The number of rotatable bonds is 14. The summed E-state index contributed by atoms with van der Waals surface area (Å²) in [4.78, 5) is 26.0. The molecule has 0 aliphatic heterocycles. The van der Waals surface area contributed by atoms with Crippen LogP contribution in [0.3, 0.4) is 0 Å². The van der Waals surface area contributed by atoms with Crippen molar-refractivity contribution in [3.63, 3.8) is 0 Å². The molecular weight excluding hydrogens is 471 g/mol. The van der Waals surface area contributed by atoms with Crippen molar-refractivity contribution in [3.05, 3.63) is 35.9 Å². The first-order chi connectivity index (χ1) is 16.4. The largest absolute Gasteiger partial charge is 0.444 e. The molecule has 0 spiro atoms. The summed E-state index contributed by atoms with van der Waals surface area (Å²) in [6, 6.07) is 7.20. The van der Waals surface area contributed by atoms with E-state index in [0.29, 0.717) is 0 Å². The zero-order valence-corrected chi connectivity index (χ0v) is 23.2. The Kier molecular flexibility index (Phi) is 13.0. The second-order valence-corrected chi connectivity index (χ2v) is 11.9. The van der Waals surface area contributed by atoms with E-state index in [1.54, 1.807) is 41.5 Å². The molecule has 2 N–H and O–H groups in total. The zero-order chi connectivity index (χ0) is 26.6. The van der Waals surface area contributed by atoms with E-state index >= 15 is 0 Å². The van der Waals surface area contributed by atoms with Crippen LogP contribution in [-0.4, -0.2) is 55.3 Å². The third kappa shape index (κ3) is 10.3. The Labute approximate surface area is 210 Å². The molecule has 0 fully saturated rings. The Hall–Kier alpha value is -1.93. The van der Waals surface area contributed by atoms with Crippen LogP contribution >= 0.6 is 7.37 Å². The lowest BCUT2D eigenvalue weighted by molar-refractivity contribution is -0.124. The summed E-state index contributed by atoms with van der Waals surface area (Å²) in [5, 5.41) is 5.53. The molecule has 0 aromatic heterocycles. The average molecular weight is 515 g/mol. The summed E-state index contributed by atoms with van der Waals surface area (Å²) in [6.45, 7) is 14.8. The van der Waals surface area contributed by atoms with E-state index < -0.39 is 42.8 Å². The topological polar surface area (TPSA) is 112 Å². The molecule has 3 atom stereocenters. The van der Waals surface area contributed by atoms with Crippen LogP contribution in [0.2, 0.25) is 0 Å². The fourth-order valence-corrected chi connectivity index (χ4v) is 6.24. The highest BCUT2D eigenvalue weighted by atomic mass is 31.2. The first-order valence-electron chi connectivity index (χ1n) is 12.2. The smallest absolute Gasteiger partial charge is 0.408 e. The summed E-state index contributed by atoms with van der Waals surface area (Å²) in [7, 11) is -3.69. The molecule has 1 aromatic carbocycles. The van der Waals surface area contributed by atoms with Gasteiger partial charge in [-0.25, -0.2) is 4.79 Å². The molecule has 0 saturated carbocycles. The van der Waals surface area contributed by atoms with E-state index in [1.807, 2.05) is 44.2 Å². The van der Waals surface area contributed by atoms with Crippen LogP contribution in [0.4, 0.5) is 4.79 Å². The van der Waals surface area contributed by atoms with Crippen molar-refractivity contribution in [2.75, 3.05) is 19.8 Å². The SMILES string of the molecule is CCOC(OCC)P(=O)(OCC)[C@@H](NC(=O)[C@H](Cc1ccccc1)NC(=O)OC(C)(C)C)C(C)C. The molecule has 200 valence electrons. The predicted molar refractivity (Wildman–Crippen MR) is 136 cm³/mol. The molecule has 35 heavy (non-hydrogen) atoms. The Bertz CT molecular complexity index is 821. The van der Waals surface area contributed by atoms with E-state index in [2.05, 4.69) is 10.6 Å². The van der Waals surface area contributed by atoms with Crippen LogP contribution in [0, 0.1) is 5.92 Å². The average Bonchev–Trinajstić information content (AvgIpc) is 2.76. The maximum Gasteiger partial charge on any atom is 0.408 e. The van der Waals surface area contributed by atoms with Gasteiger partial charge in [0, 0.05) is 19.6 Å². The van der Waals surface area contributed by atoms with Gasteiger partial charge in [0.2, 0.25) is 11.9 Å². The van der Waals surface area contributed by atoms with Gasteiger partial charge in [0.15, 0.2) is 0 Å². The molecule has 0 bridgehead atoms. The van der Waals surface area contributed by atoms with Crippen molar-refractivity contribution < 1.29 is 32.9 Å². The van der Waals surface area contributed by atoms with Gasteiger partial charge >= 0.3 is 6.09 Å². The van der Waals surface area contributed by atoms with Crippen molar-refractivity contribution in [3.8, 4) is 0 Å². The minimum Gasteiger partial charge on any atom is -0.444 e. The minimum atomic E-state index is -3.69. The van der Waals surface area contributed by atoms with Crippen molar-refractivity contribution >= 4 is 19.4 Å². The fourth-order valence-electron chi connectivity index (χ4n) is 3.44. The summed E-state index contributed by atoms with van der Waals surface area (Å²) in [5.74, 6) is -1.69. The predicted octanol–water partition coefficient (Wildman–Crippen LogP) is 4.89. The first-order valence-corrected chi connectivity index (χ1v) is 13.9. The van der Waals surface area contributed by atoms with Gasteiger partial charge in [0.25, 0.3) is 7.37 Å². The second-order valence-electron chi connectivity index (χ2n) is 9.37. The Morgan fingerprint density at radius 3 is 1.97 bits per heavy atom. The lowest BCUT2D eigenvalue weighted by Gasteiger charge is -2.36. The van der Waals surface area contributed by atoms with Gasteiger partial charge in [-0.2, -0.15) is 0 Å². The number of ether oxygens (including phenoxy) is 3. The van der Waals surface area contributed by atoms with Gasteiger partial charge in [0.1, 0.15) is 17.4 Å². The number of hydrogen-bond acceptors (Lipinski definition) is 7. The van der Waals surface area contributed by atoms with Crippen molar-refractivity contribution in [1.82, 2.24) is 10.6 Å². The van der Waals surface area contributed by atoms with Gasteiger partial charge in [-0.3, -0.25) is 9.36 Å². The molecule has 1 aromatic rings. The van der Waals surface area contributed by atoms with Crippen LogP contribution < -0.4 is 10.6 Å². The normalized spacial score (nSPS) is 15.4. The van der Waals surface area contributed by atoms with Gasteiger partial charge in [-0.15, -0.1) is 0 Å². The standard InChI is InChI=1S/C25H43N2O7P/c1-9-31-24(32-10-2)35(30,33-11-3)22(18(4)5)27-21(28)20(17-19-15-13-12-14-16-19)26-23(29)34-25(6,7)8/h12-16,18,20,22,24H,9-11,17H2,1-8H3,(H,26,29)(H,27,28)/t20-,22+,35?/m0/s1. The molecule has 10 heteroatoms. The summed E-state index contributed by atoms with van der Waals surface area (Å²) >= 11 is 0. The van der Waals surface area contributed by atoms with E-state index in [-0.39, 0.29) is 32.2 Å². The van der Waals surface area contributed by atoms with Crippen LogP contribution in [0.1, 0.15) is 61.0 Å². The molecular formula is C25H43N2O7P. The molecule has 0 radical (unpaired) electrons. The van der Waals surface area contributed by atoms with Crippen LogP contribution in [0.25, 0.3) is 0 Å². The van der Waals surface area contributed by atoms with Gasteiger partial charge in [0.05, 0.1) is 6.61 Å². The monoisotopic (exact) mass is 514 g/mol. The highest BCUT2D eigenvalue weighted by Crippen LogP contribution is 2.58. The number of amides is 2. The highest BCUT2D eigenvalue weighted by molar-refractivity contribution is 7.60. The number of benzene rings is 1. The second kappa shape index (κ2) is 14.6.